The number of rotatable bonds is 8. The lowest BCUT2D eigenvalue weighted by Crippen LogP contribution is -2.33. The minimum Gasteiger partial charge on any atom is -0.394 e. The summed E-state index contributed by atoms with van der Waals surface area (Å²) in [6.07, 6.45) is -1.40. The highest BCUT2D eigenvalue weighted by atomic mass is 16.6. The molecule has 3 aromatic rings. The van der Waals surface area contributed by atoms with E-state index in [4.69, 9.17) is 10.5 Å². The number of aromatic nitrogens is 4. The Bertz CT molecular complexity index is 1120. The number of hydrazone groups is 1. The van der Waals surface area contributed by atoms with Crippen molar-refractivity contribution in [1.82, 2.24) is 19.5 Å². The summed E-state index contributed by atoms with van der Waals surface area (Å²) >= 11 is 0. The van der Waals surface area contributed by atoms with Gasteiger partial charge in [-0.3, -0.25) is 4.57 Å². The van der Waals surface area contributed by atoms with Gasteiger partial charge in [0.25, 0.3) is 0 Å². The van der Waals surface area contributed by atoms with Gasteiger partial charge in [0, 0.05) is 18.8 Å². The van der Waals surface area contributed by atoms with Gasteiger partial charge in [0.1, 0.15) is 23.8 Å². The van der Waals surface area contributed by atoms with Crippen molar-refractivity contribution in [1.29, 1.82) is 0 Å². The Labute approximate surface area is 190 Å². The summed E-state index contributed by atoms with van der Waals surface area (Å²) in [5, 5.41) is 33.9. The molecule has 1 aliphatic rings. The van der Waals surface area contributed by atoms with Crippen LogP contribution in [0.15, 0.2) is 35.7 Å². The predicted molar refractivity (Wildman–Crippen MR) is 124 cm³/mol. The zero-order valence-corrected chi connectivity index (χ0v) is 18.4. The number of hydrogen-bond acceptors (Lipinski definition) is 11. The lowest BCUT2D eigenvalue weighted by atomic mass is 10.1. The van der Waals surface area contributed by atoms with Crippen LogP contribution in [0, 0.1) is 0 Å². The van der Waals surface area contributed by atoms with Crippen LogP contribution in [-0.2, 0) is 4.74 Å². The molecule has 0 amide bonds. The van der Waals surface area contributed by atoms with Crippen LogP contribution >= 0.6 is 0 Å². The number of benzene rings is 1. The average Bonchev–Trinajstić information content (AvgIpc) is 3.37. The molecule has 3 heterocycles. The van der Waals surface area contributed by atoms with Crippen LogP contribution in [-0.4, -0.2) is 79.1 Å². The number of fused-ring (bicyclic) bond motifs is 1. The standard InChI is InChI=1S/C21H28N8O4/c1-3-28(4-2)13-7-5-12(6-8-13)9-24-27-21-25-18(22)15-19(26-21)29(11-23-15)20-17(32)16(31)14(10-30)33-20/h5-9,11,14,16-17,20,30-32H,3-4,10H2,1-2H3,(H3,22,25,26,27)/b24-9+. The maximum Gasteiger partial charge on any atom is 0.247 e. The maximum atomic E-state index is 10.3. The van der Waals surface area contributed by atoms with E-state index in [1.807, 2.05) is 24.3 Å². The van der Waals surface area contributed by atoms with E-state index in [1.165, 1.54) is 10.9 Å². The molecule has 1 aliphatic heterocycles. The van der Waals surface area contributed by atoms with E-state index >= 15 is 0 Å². The van der Waals surface area contributed by atoms with E-state index < -0.39 is 31.1 Å². The molecule has 4 atom stereocenters. The van der Waals surface area contributed by atoms with E-state index in [0.29, 0.717) is 11.2 Å². The number of ether oxygens (including phenoxy) is 1. The third kappa shape index (κ3) is 4.46. The number of nitrogen functional groups attached to an aromatic ring is 1. The first-order chi connectivity index (χ1) is 16.0. The highest BCUT2D eigenvalue weighted by molar-refractivity contribution is 5.83. The summed E-state index contributed by atoms with van der Waals surface area (Å²) in [5.74, 6) is 0.247. The Morgan fingerprint density at radius 3 is 2.55 bits per heavy atom. The molecule has 6 N–H and O–H groups in total. The van der Waals surface area contributed by atoms with Gasteiger partial charge in [-0.15, -0.1) is 0 Å². The molecule has 0 saturated carbocycles. The van der Waals surface area contributed by atoms with Gasteiger partial charge in [-0.1, -0.05) is 12.1 Å². The molecule has 0 radical (unpaired) electrons. The molecule has 1 aromatic carbocycles. The second kappa shape index (κ2) is 9.67. The average molecular weight is 457 g/mol. The van der Waals surface area contributed by atoms with Crippen molar-refractivity contribution >= 4 is 34.8 Å². The van der Waals surface area contributed by atoms with E-state index in [9.17, 15) is 15.3 Å². The molecule has 0 spiro atoms. The van der Waals surface area contributed by atoms with Crippen molar-refractivity contribution < 1.29 is 20.1 Å². The Morgan fingerprint density at radius 2 is 1.91 bits per heavy atom. The van der Waals surface area contributed by atoms with E-state index in [-0.39, 0.29) is 11.8 Å². The normalized spacial score (nSPS) is 22.9. The van der Waals surface area contributed by atoms with Gasteiger partial charge in [-0.2, -0.15) is 15.1 Å². The Balaban J connectivity index is 1.53. The number of hydrogen-bond donors (Lipinski definition) is 5. The molecule has 33 heavy (non-hydrogen) atoms. The molecule has 4 rings (SSSR count). The molecule has 0 bridgehead atoms. The van der Waals surface area contributed by atoms with Gasteiger partial charge < -0.3 is 30.7 Å². The molecule has 176 valence electrons. The Hall–Kier alpha value is -3.32. The highest BCUT2D eigenvalue weighted by Crippen LogP contribution is 2.32. The number of anilines is 3. The minimum absolute atomic E-state index is 0.117. The molecule has 0 aliphatic carbocycles. The van der Waals surface area contributed by atoms with Gasteiger partial charge in [0.05, 0.1) is 19.1 Å². The van der Waals surface area contributed by atoms with Crippen LogP contribution in [0.2, 0.25) is 0 Å². The van der Waals surface area contributed by atoms with Crippen molar-refractivity contribution in [2.45, 2.75) is 38.4 Å². The second-order valence-electron chi connectivity index (χ2n) is 7.62. The molecule has 4 unspecified atom stereocenters. The van der Waals surface area contributed by atoms with Crippen molar-refractivity contribution in [3.8, 4) is 0 Å². The monoisotopic (exact) mass is 456 g/mol. The number of aliphatic hydroxyl groups excluding tert-OH is 3. The molecular formula is C21H28N8O4. The van der Waals surface area contributed by atoms with Crippen LogP contribution in [0.3, 0.4) is 0 Å². The van der Waals surface area contributed by atoms with Gasteiger partial charge in [0.2, 0.25) is 5.95 Å². The molecular weight excluding hydrogens is 428 g/mol. The van der Waals surface area contributed by atoms with E-state index in [2.05, 4.69) is 44.2 Å². The third-order valence-corrected chi connectivity index (χ3v) is 5.64. The van der Waals surface area contributed by atoms with Crippen LogP contribution in [0.5, 0.6) is 0 Å². The summed E-state index contributed by atoms with van der Waals surface area (Å²) in [6.45, 7) is 5.67. The van der Waals surface area contributed by atoms with Gasteiger partial charge in [-0.25, -0.2) is 10.4 Å². The number of nitrogens with two attached hydrogens (primary N) is 1. The summed E-state index contributed by atoms with van der Waals surface area (Å²) in [4.78, 5) is 15.0. The van der Waals surface area contributed by atoms with Crippen LogP contribution in [0.1, 0.15) is 25.6 Å². The number of nitrogens with zero attached hydrogens (tertiary/aromatic N) is 6. The fourth-order valence-corrected chi connectivity index (χ4v) is 3.81. The highest BCUT2D eigenvalue weighted by Gasteiger charge is 2.44. The van der Waals surface area contributed by atoms with Crippen molar-refractivity contribution in [3.63, 3.8) is 0 Å². The summed E-state index contributed by atoms with van der Waals surface area (Å²) in [6, 6.07) is 8.00. The van der Waals surface area contributed by atoms with Gasteiger partial charge >= 0.3 is 0 Å². The topological polar surface area (TPSA) is 167 Å². The van der Waals surface area contributed by atoms with Gasteiger partial charge in [0.15, 0.2) is 17.7 Å². The first-order valence-electron chi connectivity index (χ1n) is 10.7. The summed E-state index contributed by atoms with van der Waals surface area (Å²) in [7, 11) is 0. The summed E-state index contributed by atoms with van der Waals surface area (Å²) in [5.41, 5.74) is 11.4. The van der Waals surface area contributed by atoms with Crippen LogP contribution < -0.4 is 16.1 Å². The predicted octanol–water partition coefficient (Wildman–Crippen LogP) is 0.312. The second-order valence-corrected chi connectivity index (χ2v) is 7.62. The number of aliphatic hydroxyl groups is 3. The molecule has 12 nitrogen and oxygen atoms in total. The largest absolute Gasteiger partial charge is 0.394 e. The van der Waals surface area contributed by atoms with Crippen molar-refractivity contribution in [3.05, 3.63) is 36.2 Å². The van der Waals surface area contributed by atoms with Gasteiger partial charge in [-0.05, 0) is 31.5 Å². The third-order valence-electron chi connectivity index (χ3n) is 5.64. The first kappa shape index (κ1) is 22.9. The maximum absolute atomic E-state index is 10.3. The quantitative estimate of drug-likeness (QED) is 0.235. The van der Waals surface area contributed by atoms with E-state index in [1.54, 1.807) is 6.21 Å². The molecule has 2 aromatic heterocycles. The summed E-state index contributed by atoms with van der Waals surface area (Å²) < 4.78 is 7.01. The van der Waals surface area contributed by atoms with Crippen LogP contribution in [0.25, 0.3) is 11.2 Å². The zero-order chi connectivity index (χ0) is 23.5. The molecule has 12 heteroatoms. The number of nitrogens with one attached hydrogen (secondary N) is 1. The lowest BCUT2D eigenvalue weighted by molar-refractivity contribution is -0.0511. The SMILES string of the molecule is CCN(CC)c1ccc(/C=N/Nc2nc(N)c3ncn(C4OC(CO)C(O)C4O)c3n2)cc1. The number of imidazole rings is 1. The fraction of sp³-hybridized carbons (Fsp3) is 0.429. The fourth-order valence-electron chi connectivity index (χ4n) is 3.81. The molecule has 1 saturated heterocycles. The Morgan fingerprint density at radius 1 is 1.18 bits per heavy atom. The first-order valence-corrected chi connectivity index (χ1v) is 10.7. The zero-order valence-electron chi connectivity index (χ0n) is 18.4. The van der Waals surface area contributed by atoms with E-state index in [0.717, 1.165) is 24.3 Å². The molecule has 1 fully saturated rings. The Kier molecular flexibility index (Phi) is 6.70. The van der Waals surface area contributed by atoms with Crippen molar-refractivity contribution in [2.24, 2.45) is 5.10 Å². The van der Waals surface area contributed by atoms with Crippen LogP contribution in [0.4, 0.5) is 17.5 Å². The lowest BCUT2D eigenvalue weighted by Gasteiger charge is -2.20. The minimum atomic E-state index is -1.27. The smallest absolute Gasteiger partial charge is 0.247 e. The van der Waals surface area contributed by atoms with Crippen molar-refractivity contribution in [2.75, 3.05) is 35.8 Å².